The van der Waals surface area contributed by atoms with E-state index in [1.807, 2.05) is 0 Å². The van der Waals surface area contributed by atoms with E-state index in [9.17, 15) is 0 Å². The summed E-state index contributed by atoms with van der Waals surface area (Å²) in [6.45, 7) is 0. The average molecular weight is 208 g/mol. The Hall–Kier alpha value is -1.63. The lowest BCUT2D eigenvalue weighted by atomic mass is 9.74. The minimum atomic E-state index is 0.581. The van der Waals surface area contributed by atoms with Crippen molar-refractivity contribution in [2.75, 3.05) is 0 Å². The molecule has 0 unspecified atom stereocenters. The van der Waals surface area contributed by atoms with Crippen LogP contribution in [0.15, 0.2) is 48.7 Å². The predicted molar refractivity (Wildman–Crippen MR) is 62.3 cm³/mol. The molecule has 1 aromatic heterocycles. The number of benzene rings is 1. The van der Waals surface area contributed by atoms with E-state index in [1.165, 1.54) is 18.5 Å². The highest BCUT2D eigenvalue weighted by Gasteiger charge is 2.42. The van der Waals surface area contributed by atoms with Gasteiger partial charge in [0.25, 0.3) is 0 Å². The Balaban J connectivity index is 2.04. The summed E-state index contributed by atoms with van der Waals surface area (Å²) in [5.74, 6) is 0.627. The Bertz CT molecular complexity index is 461. The third-order valence-corrected chi connectivity index (χ3v) is 4.07. The fourth-order valence-corrected chi connectivity index (χ4v) is 3.41. The van der Waals surface area contributed by atoms with Gasteiger partial charge in [-0.1, -0.05) is 30.3 Å². The second kappa shape index (κ2) is 2.94. The number of hydrogen-bond donors (Lipinski definition) is 0. The van der Waals surface area contributed by atoms with Crippen molar-refractivity contribution in [1.82, 2.24) is 0 Å². The van der Waals surface area contributed by atoms with E-state index < -0.39 is 0 Å². The van der Waals surface area contributed by atoms with Crippen molar-refractivity contribution in [2.45, 2.75) is 24.8 Å². The lowest BCUT2D eigenvalue weighted by molar-refractivity contribution is -0.730. The second-order valence-corrected chi connectivity index (χ2v) is 4.81. The fraction of sp³-hybridized carbons (Fsp3) is 0.267. The standard InChI is InChI=1S/C15H14N/c1-2-6-12-11(5-1)13-8-9-15(12)16-10-4-3-7-14(13)16/h1-7,10,13,15H,8-9H2/q+1/t13-,15-/m0/s1. The highest BCUT2D eigenvalue weighted by atomic mass is 15.0. The van der Waals surface area contributed by atoms with Gasteiger partial charge in [0.05, 0.1) is 5.92 Å². The van der Waals surface area contributed by atoms with E-state index in [-0.39, 0.29) is 0 Å². The van der Waals surface area contributed by atoms with E-state index in [4.69, 9.17) is 0 Å². The van der Waals surface area contributed by atoms with Gasteiger partial charge >= 0.3 is 0 Å². The van der Waals surface area contributed by atoms with E-state index in [0.717, 1.165) is 0 Å². The number of aromatic nitrogens is 1. The summed E-state index contributed by atoms with van der Waals surface area (Å²) in [6, 6.07) is 16.1. The third kappa shape index (κ3) is 0.934. The van der Waals surface area contributed by atoms with Crippen LogP contribution >= 0.6 is 0 Å². The zero-order valence-corrected chi connectivity index (χ0v) is 9.13. The van der Waals surface area contributed by atoms with Gasteiger partial charge in [-0.15, -0.1) is 0 Å². The van der Waals surface area contributed by atoms with Gasteiger partial charge in [0.15, 0.2) is 17.9 Å². The molecule has 5 rings (SSSR count). The average Bonchev–Trinajstić information content (AvgIpc) is 2.40. The number of pyridine rings is 1. The van der Waals surface area contributed by atoms with Gasteiger partial charge in [-0.2, -0.15) is 4.57 Å². The lowest BCUT2D eigenvalue weighted by Gasteiger charge is -2.34. The molecule has 16 heavy (non-hydrogen) atoms. The molecule has 0 fully saturated rings. The van der Waals surface area contributed by atoms with Crippen molar-refractivity contribution >= 4 is 0 Å². The molecule has 1 aromatic carbocycles. The van der Waals surface area contributed by atoms with Crippen LogP contribution in [0.4, 0.5) is 0 Å². The Morgan fingerprint density at radius 1 is 0.875 bits per heavy atom. The minimum Gasteiger partial charge on any atom is -0.195 e. The van der Waals surface area contributed by atoms with Crippen molar-refractivity contribution in [3.05, 3.63) is 65.5 Å². The van der Waals surface area contributed by atoms with Crippen molar-refractivity contribution in [2.24, 2.45) is 0 Å². The van der Waals surface area contributed by atoms with Crippen LogP contribution in [0.5, 0.6) is 0 Å². The SMILES string of the molecule is c1ccc2c(c1)[C@@H]1CC[C@@H]2[n+]2ccccc21. The molecule has 0 N–H and O–H groups in total. The molecule has 2 bridgehead atoms. The van der Waals surface area contributed by atoms with Gasteiger partial charge < -0.3 is 0 Å². The number of nitrogens with zero attached hydrogens (tertiary/aromatic N) is 1. The molecular formula is C15H14N+. The van der Waals surface area contributed by atoms with Crippen molar-refractivity contribution in [1.29, 1.82) is 0 Å². The van der Waals surface area contributed by atoms with E-state index >= 15 is 0 Å². The van der Waals surface area contributed by atoms with Crippen LogP contribution in [-0.2, 0) is 0 Å². The monoisotopic (exact) mass is 208 g/mol. The van der Waals surface area contributed by atoms with Gasteiger partial charge in [0, 0.05) is 24.1 Å². The number of rotatable bonds is 0. The highest BCUT2D eigenvalue weighted by molar-refractivity contribution is 5.40. The Labute approximate surface area is 95.4 Å². The van der Waals surface area contributed by atoms with Crippen molar-refractivity contribution in [3.63, 3.8) is 0 Å². The summed E-state index contributed by atoms with van der Waals surface area (Å²) in [7, 11) is 0. The molecule has 0 amide bonds. The summed E-state index contributed by atoms with van der Waals surface area (Å²) >= 11 is 0. The smallest absolute Gasteiger partial charge is 0.189 e. The highest BCUT2D eigenvalue weighted by Crippen LogP contribution is 2.44. The van der Waals surface area contributed by atoms with Crippen LogP contribution in [0.3, 0.4) is 0 Å². The summed E-state index contributed by atoms with van der Waals surface area (Å²) in [6.07, 6.45) is 4.84. The Kier molecular flexibility index (Phi) is 1.57. The first-order valence-electron chi connectivity index (χ1n) is 6.04. The molecule has 2 aliphatic heterocycles. The van der Waals surface area contributed by atoms with E-state index in [0.29, 0.717) is 12.0 Å². The molecule has 2 aromatic rings. The molecular weight excluding hydrogens is 194 g/mol. The van der Waals surface area contributed by atoms with Crippen LogP contribution in [-0.4, -0.2) is 0 Å². The van der Waals surface area contributed by atoms with Crippen molar-refractivity contribution in [3.8, 4) is 0 Å². The molecule has 0 saturated carbocycles. The first-order valence-corrected chi connectivity index (χ1v) is 6.04. The van der Waals surface area contributed by atoms with Crippen LogP contribution in [0.25, 0.3) is 0 Å². The molecule has 3 aliphatic rings. The zero-order valence-electron chi connectivity index (χ0n) is 9.13. The van der Waals surface area contributed by atoms with Crippen LogP contribution in [0.1, 0.15) is 41.6 Å². The zero-order chi connectivity index (χ0) is 10.5. The topological polar surface area (TPSA) is 3.88 Å². The summed E-state index contributed by atoms with van der Waals surface area (Å²) in [5.41, 5.74) is 4.60. The van der Waals surface area contributed by atoms with Crippen molar-refractivity contribution < 1.29 is 4.57 Å². The van der Waals surface area contributed by atoms with Gasteiger partial charge in [-0.05, 0) is 12.0 Å². The second-order valence-electron chi connectivity index (χ2n) is 4.81. The molecule has 0 radical (unpaired) electrons. The summed E-state index contributed by atoms with van der Waals surface area (Å²) in [5, 5.41) is 0. The van der Waals surface area contributed by atoms with Gasteiger partial charge in [-0.25, -0.2) is 0 Å². The number of fused-ring (bicyclic) bond motifs is 1. The van der Waals surface area contributed by atoms with E-state index in [1.54, 1.807) is 11.1 Å². The molecule has 78 valence electrons. The normalized spacial score (nSPS) is 25.0. The molecule has 2 atom stereocenters. The third-order valence-electron chi connectivity index (χ3n) is 4.07. The lowest BCUT2D eigenvalue weighted by Crippen LogP contribution is -2.51. The maximum absolute atomic E-state index is 2.47. The van der Waals surface area contributed by atoms with Gasteiger partial charge in [-0.3, -0.25) is 0 Å². The van der Waals surface area contributed by atoms with Gasteiger partial charge in [0.2, 0.25) is 0 Å². The van der Waals surface area contributed by atoms with Crippen LogP contribution in [0, 0.1) is 0 Å². The maximum atomic E-state index is 2.47. The Morgan fingerprint density at radius 3 is 2.62 bits per heavy atom. The fourth-order valence-electron chi connectivity index (χ4n) is 3.41. The van der Waals surface area contributed by atoms with E-state index in [2.05, 4.69) is 53.2 Å². The first kappa shape index (κ1) is 8.51. The quantitative estimate of drug-likeness (QED) is 0.586. The molecule has 0 spiro atoms. The summed E-state index contributed by atoms with van der Waals surface area (Å²) in [4.78, 5) is 0. The molecule has 1 nitrogen and oxygen atoms in total. The molecule has 1 heteroatoms. The predicted octanol–water partition coefficient (Wildman–Crippen LogP) is 2.80. The number of hydrogen-bond acceptors (Lipinski definition) is 0. The molecule has 1 aliphatic carbocycles. The van der Waals surface area contributed by atoms with Crippen LogP contribution < -0.4 is 4.57 Å². The minimum absolute atomic E-state index is 0.581. The summed E-state index contributed by atoms with van der Waals surface area (Å²) < 4.78 is 2.47. The Morgan fingerprint density at radius 2 is 1.69 bits per heavy atom. The molecule has 3 heterocycles. The first-order chi connectivity index (χ1) is 7.95. The van der Waals surface area contributed by atoms with Crippen LogP contribution in [0.2, 0.25) is 0 Å². The van der Waals surface area contributed by atoms with Gasteiger partial charge in [0.1, 0.15) is 0 Å². The largest absolute Gasteiger partial charge is 0.195 e. The maximum Gasteiger partial charge on any atom is 0.189 e. The molecule has 0 saturated heterocycles.